The fourth-order valence-corrected chi connectivity index (χ4v) is 1.95. The van der Waals surface area contributed by atoms with Crippen LogP contribution in [0.5, 0.6) is 0 Å². The number of carbonyl (C=O) groups excluding carboxylic acids is 1. The number of rotatable bonds is 7. The van der Waals surface area contributed by atoms with Crippen molar-refractivity contribution < 1.29 is 9.53 Å². The van der Waals surface area contributed by atoms with Gasteiger partial charge in [0, 0.05) is 13.7 Å². The molecule has 0 spiro atoms. The molecule has 0 aliphatic carbocycles. The third kappa shape index (κ3) is 5.97. The maximum absolute atomic E-state index is 11.7. The van der Waals surface area contributed by atoms with E-state index in [0.717, 1.165) is 6.42 Å². The van der Waals surface area contributed by atoms with Gasteiger partial charge in [0.15, 0.2) is 0 Å². The molecule has 0 unspecified atom stereocenters. The summed E-state index contributed by atoms with van der Waals surface area (Å²) in [5, 5.41) is 6.69. The Balaban J connectivity index is 2.42. The zero-order valence-corrected chi connectivity index (χ0v) is 12.7. The minimum atomic E-state index is -0.197. The van der Waals surface area contributed by atoms with Gasteiger partial charge in [0.2, 0.25) is 5.91 Å². The number of benzene rings is 1. The van der Waals surface area contributed by atoms with E-state index in [4.69, 9.17) is 39.5 Å². The number of amides is 1. The Morgan fingerprint density at radius 3 is 2.58 bits per heavy atom. The Kier molecular flexibility index (Phi) is 7.49. The number of hydrogen-bond donors (Lipinski definition) is 2. The molecule has 0 aliphatic rings. The summed E-state index contributed by atoms with van der Waals surface area (Å²) in [5.74, 6) is -0.197. The molecule has 0 radical (unpaired) electrons. The molecule has 0 aromatic heterocycles. The van der Waals surface area contributed by atoms with Crippen molar-refractivity contribution in [3.8, 4) is 0 Å². The Labute approximate surface area is 127 Å². The smallest absolute Gasteiger partial charge is 0.238 e. The molecule has 1 amide bonds. The van der Waals surface area contributed by atoms with Gasteiger partial charge in [-0.1, -0.05) is 34.8 Å². The topological polar surface area (TPSA) is 50.4 Å². The second kappa shape index (κ2) is 8.61. The molecule has 1 rings (SSSR count). The molecule has 0 aliphatic heterocycles. The van der Waals surface area contributed by atoms with Crippen molar-refractivity contribution in [3.63, 3.8) is 0 Å². The monoisotopic (exact) mass is 324 g/mol. The molecule has 1 aromatic carbocycles. The summed E-state index contributed by atoms with van der Waals surface area (Å²) < 4.78 is 4.90. The zero-order chi connectivity index (χ0) is 14.3. The molecular formula is C12H15Cl3N2O2. The van der Waals surface area contributed by atoms with Crippen molar-refractivity contribution in [2.45, 2.75) is 6.42 Å². The van der Waals surface area contributed by atoms with Gasteiger partial charge < -0.3 is 15.4 Å². The van der Waals surface area contributed by atoms with Gasteiger partial charge >= 0.3 is 0 Å². The Bertz CT molecular complexity index is 441. The van der Waals surface area contributed by atoms with E-state index >= 15 is 0 Å². The standard InChI is InChI=1S/C12H15Cl3N2O2/c1-19-4-2-3-16-7-12(18)17-11-6-9(14)8(13)5-10(11)15/h5-6,16H,2-4,7H2,1H3,(H,17,18). The van der Waals surface area contributed by atoms with Crippen LogP contribution in [0.4, 0.5) is 5.69 Å². The lowest BCUT2D eigenvalue weighted by atomic mass is 10.3. The first-order valence-corrected chi connectivity index (χ1v) is 6.82. The van der Waals surface area contributed by atoms with Gasteiger partial charge in [0.1, 0.15) is 0 Å². The van der Waals surface area contributed by atoms with Crippen LogP contribution in [0.25, 0.3) is 0 Å². The van der Waals surface area contributed by atoms with Crippen molar-refractivity contribution >= 4 is 46.4 Å². The zero-order valence-electron chi connectivity index (χ0n) is 10.4. The lowest BCUT2D eigenvalue weighted by Crippen LogP contribution is -2.29. The SMILES string of the molecule is COCCCNCC(=O)Nc1cc(Cl)c(Cl)cc1Cl. The molecule has 19 heavy (non-hydrogen) atoms. The molecule has 0 fully saturated rings. The highest BCUT2D eigenvalue weighted by Crippen LogP contribution is 2.32. The predicted octanol–water partition coefficient (Wildman–Crippen LogP) is 3.21. The Hall–Kier alpha value is -0.520. The van der Waals surface area contributed by atoms with Crippen molar-refractivity contribution in [2.75, 3.05) is 32.1 Å². The highest BCUT2D eigenvalue weighted by molar-refractivity contribution is 6.44. The molecule has 0 saturated heterocycles. The van der Waals surface area contributed by atoms with E-state index in [9.17, 15) is 4.79 Å². The van der Waals surface area contributed by atoms with E-state index < -0.39 is 0 Å². The summed E-state index contributed by atoms with van der Waals surface area (Å²) in [6.07, 6.45) is 0.845. The molecular weight excluding hydrogens is 311 g/mol. The van der Waals surface area contributed by atoms with Crippen LogP contribution in [0.1, 0.15) is 6.42 Å². The van der Waals surface area contributed by atoms with Crippen LogP contribution in [0.3, 0.4) is 0 Å². The number of methoxy groups -OCH3 is 1. The van der Waals surface area contributed by atoms with E-state index in [1.54, 1.807) is 7.11 Å². The van der Waals surface area contributed by atoms with Gasteiger partial charge in [-0.05, 0) is 25.1 Å². The summed E-state index contributed by atoms with van der Waals surface area (Å²) in [5.41, 5.74) is 0.444. The minimum absolute atomic E-state index is 0.195. The van der Waals surface area contributed by atoms with Crippen LogP contribution in [0.2, 0.25) is 15.1 Å². The van der Waals surface area contributed by atoms with Crippen LogP contribution >= 0.6 is 34.8 Å². The summed E-state index contributed by atoms with van der Waals surface area (Å²) in [7, 11) is 1.64. The van der Waals surface area contributed by atoms with Gasteiger partial charge in [-0.2, -0.15) is 0 Å². The van der Waals surface area contributed by atoms with Crippen LogP contribution in [-0.2, 0) is 9.53 Å². The number of nitrogens with one attached hydrogen (secondary N) is 2. The third-order valence-corrected chi connectivity index (χ3v) is 3.31. The second-order valence-corrected chi connectivity index (χ2v) is 5.04. The lowest BCUT2D eigenvalue weighted by molar-refractivity contribution is -0.115. The highest BCUT2D eigenvalue weighted by atomic mass is 35.5. The molecule has 7 heteroatoms. The van der Waals surface area contributed by atoms with Crippen LogP contribution in [0.15, 0.2) is 12.1 Å². The molecule has 4 nitrogen and oxygen atoms in total. The summed E-state index contributed by atoms with van der Waals surface area (Å²) >= 11 is 17.6. The molecule has 2 N–H and O–H groups in total. The first kappa shape index (κ1) is 16.5. The number of hydrogen-bond acceptors (Lipinski definition) is 3. The fraction of sp³-hybridized carbons (Fsp3) is 0.417. The maximum atomic E-state index is 11.7. The van der Waals surface area contributed by atoms with E-state index in [1.165, 1.54) is 12.1 Å². The van der Waals surface area contributed by atoms with E-state index in [0.29, 0.717) is 33.9 Å². The van der Waals surface area contributed by atoms with Crippen LogP contribution in [-0.4, -0.2) is 32.7 Å². The summed E-state index contributed by atoms with van der Waals surface area (Å²) in [6, 6.07) is 3.02. The van der Waals surface area contributed by atoms with Crippen LogP contribution < -0.4 is 10.6 Å². The molecule has 1 aromatic rings. The van der Waals surface area contributed by atoms with Crippen molar-refractivity contribution in [2.24, 2.45) is 0 Å². The van der Waals surface area contributed by atoms with Gasteiger partial charge in [-0.15, -0.1) is 0 Å². The minimum Gasteiger partial charge on any atom is -0.385 e. The summed E-state index contributed by atoms with van der Waals surface area (Å²) in [6.45, 7) is 1.56. The number of carbonyl (C=O) groups is 1. The average molecular weight is 326 g/mol. The summed E-state index contributed by atoms with van der Waals surface area (Å²) in [4.78, 5) is 11.7. The number of anilines is 1. The second-order valence-electron chi connectivity index (χ2n) is 3.82. The average Bonchev–Trinajstić information content (AvgIpc) is 2.35. The van der Waals surface area contributed by atoms with Crippen molar-refractivity contribution in [3.05, 3.63) is 27.2 Å². The number of ether oxygens (including phenoxy) is 1. The van der Waals surface area contributed by atoms with Crippen molar-refractivity contribution in [1.82, 2.24) is 5.32 Å². The lowest BCUT2D eigenvalue weighted by Gasteiger charge is -2.09. The van der Waals surface area contributed by atoms with Gasteiger partial charge in [0.25, 0.3) is 0 Å². The predicted molar refractivity (Wildman–Crippen MR) is 79.5 cm³/mol. The largest absolute Gasteiger partial charge is 0.385 e. The van der Waals surface area contributed by atoms with Gasteiger partial charge in [0.05, 0.1) is 27.3 Å². The molecule has 0 saturated carbocycles. The molecule has 0 heterocycles. The van der Waals surface area contributed by atoms with Gasteiger partial charge in [-0.3, -0.25) is 4.79 Å². The third-order valence-electron chi connectivity index (χ3n) is 2.27. The fourth-order valence-electron chi connectivity index (χ4n) is 1.36. The highest BCUT2D eigenvalue weighted by Gasteiger charge is 2.08. The normalized spacial score (nSPS) is 10.5. The van der Waals surface area contributed by atoms with Crippen LogP contribution in [0, 0.1) is 0 Å². The van der Waals surface area contributed by atoms with E-state index in [2.05, 4.69) is 10.6 Å². The number of halogens is 3. The molecule has 0 bridgehead atoms. The first-order valence-electron chi connectivity index (χ1n) is 5.68. The van der Waals surface area contributed by atoms with E-state index in [-0.39, 0.29) is 12.5 Å². The quantitative estimate of drug-likeness (QED) is 0.598. The first-order chi connectivity index (χ1) is 9.04. The van der Waals surface area contributed by atoms with Gasteiger partial charge in [-0.25, -0.2) is 0 Å². The Morgan fingerprint density at radius 1 is 1.21 bits per heavy atom. The van der Waals surface area contributed by atoms with E-state index in [1.807, 2.05) is 0 Å². The Morgan fingerprint density at radius 2 is 1.89 bits per heavy atom. The molecule has 0 atom stereocenters. The maximum Gasteiger partial charge on any atom is 0.238 e. The van der Waals surface area contributed by atoms with Crippen molar-refractivity contribution in [1.29, 1.82) is 0 Å². The molecule has 106 valence electrons.